The molecule has 1 spiro atoms. The van der Waals surface area contributed by atoms with Crippen molar-refractivity contribution in [1.82, 2.24) is 19.8 Å². The summed E-state index contributed by atoms with van der Waals surface area (Å²) in [5, 5.41) is 0. The maximum Gasteiger partial charge on any atom is 0.261 e. The highest BCUT2D eigenvalue weighted by Gasteiger charge is 2.48. The van der Waals surface area contributed by atoms with E-state index in [-0.39, 0.29) is 5.91 Å². The highest BCUT2D eigenvalue weighted by Crippen LogP contribution is 2.42. The van der Waals surface area contributed by atoms with E-state index in [1.54, 1.807) is 48.5 Å². The van der Waals surface area contributed by atoms with Crippen LogP contribution >= 0.6 is 0 Å². The molecule has 7 heteroatoms. The third kappa shape index (κ3) is 2.91. The number of carbonyl (C=O) groups is 2. The van der Waals surface area contributed by atoms with Crippen LogP contribution in [0.15, 0.2) is 36.7 Å². The van der Waals surface area contributed by atoms with Crippen molar-refractivity contribution in [3.8, 4) is 0 Å². The van der Waals surface area contributed by atoms with E-state index in [0.717, 1.165) is 17.8 Å². The fourth-order valence-corrected chi connectivity index (χ4v) is 4.47. The Hall–Kier alpha value is -2.70. The van der Waals surface area contributed by atoms with Crippen LogP contribution in [0.4, 0.5) is 4.39 Å². The summed E-state index contributed by atoms with van der Waals surface area (Å²) in [5.74, 6) is -0.500. The van der Waals surface area contributed by atoms with Gasteiger partial charge in [0.1, 0.15) is 0 Å². The van der Waals surface area contributed by atoms with E-state index in [0.29, 0.717) is 38.0 Å². The lowest BCUT2D eigenvalue weighted by Crippen LogP contribution is -2.58. The number of fused-ring (bicyclic) bond motifs is 2. The molecule has 142 valence electrons. The second-order valence-electron chi connectivity index (χ2n) is 7.28. The van der Waals surface area contributed by atoms with Gasteiger partial charge in [0.2, 0.25) is 12.1 Å². The van der Waals surface area contributed by atoms with Gasteiger partial charge in [-0.25, -0.2) is 9.37 Å². The van der Waals surface area contributed by atoms with Crippen molar-refractivity contribution in [2.45, 2.75) is 37.9 Å². The molecule has 1 unspecified atom stereocenters. The summed E-state index contributed by atoms with van der Waals surface area (Å²) in [5.41, 5.74) is 1.82. The number of piperidine rings is 1. The number of carbonyl (C=O) groups excluding carboxylic acids is 2. The zero-order valence-electron chi connectivity index (χ0n) is 15.3. The normalized spacial score (nSPS) is 19.6. The summed E-state index contributed by atoms with van der Waals surface area (Å²) in [6.45, 7) is 3.02. The van der Waals surface area contributed by atoms with Crippen molar-refractivity contribution >= 4 is 11.8 Å². The van der Waals surface area contributed by atoms with Crippen molar-refractivity contribution < 1.29 is 14.0 Å². The molecule has 1 aromatic heterocycles. The Kier molecular flexibility index (Phi) is 4.45. The largest absolute Gasteiger partial charge is 0.348 e. The van der Waals surface area contributed by atoms with Gasteiger partial charge in [-0.3, -0.25) is 9.59 Å². The van der Waals surface area contributed by atoms with Crippen LogP contribution in [0.1, 0.15) is 42.9 Å². The molecule has 4 rings (SSSR count). The molecule has 2 aliphatic heterocycles. The predicted octanol–water partition coefficient (Wildman–Crippen LogP) is 2.34. The summed E-state index contributed by atoms with van der Waals surface area (Å²) in [7, 11) is 0. The first kappa shape index (κ1) is 17.7. The number of halogens is 1. The van der Waals surface area contributed by atoms with Gasteiger partial charge in [-0.1, -0.05) is 30.3 Å². The highest BCUT2D eigenvalue weighted by atomic mass is 19.1. The van der Waals surface area contributed by atoms with E-state index in [9.17, 15) is 14.0 Å². The van der Waals surface area contributed by atoms with Crippen molar-refractivity contribution in [1.29, 1.82) is 0 Å². The Morgan fingerprint density at radius 2 is 1.89 bits per heavy atom. The van der Waals surface area contributed by atoms with Gasteiger partial charge < -0.3 is 14.8 Å². The molecule has 1 aromatic carbocycles. The fourth-order valence-electron chi connectivity index (χ4n) is 4.47. The van der Waals surface area contributed by atoms with Crippen molar-refractivity contribution in [2.75, 3.05) is 19.6 Å². The smallest absolute Gasteiger partial charge is 0.261 e. The summed E-state index contributed by atoms with van der Waals surface area (Å²) in [4.78, 5) is 36.0. The van der Waals surface area contributed by atoms with Crippen LogP contribution in [0, 0.1) is 0 Å². The lowest BCUT2D eigenvalue weighted by Gasteiger charge is -2.50. The van der Waals surface area contributed by atoms with Gasteiger partial charge in [-0.2, -0.15) is 0 Å². The third-order valence-electron chi connectivity index (χ3n) is 5.85. The number of aromatic nitrogens is 2. The predicted molar refractivity (Wildman–Crippen MR) is 97.5 cm³/mol. The summed E-state index contributed by atoms with van der Waals surface area (Å²) < 4.78 is 14.7. The number of imidazole rings is 1. The average Bonchev–Trinajstić information content (AvgIpc) is 3.18. The van der Waals surface area contributed by atoms with Crippen LogP contribution in [0.5, 0.6) is 0 Å². The number of benzene rings is 1. The van der Waals surface area contributed by atoms with E-state index in [4.69, 9.17) is 0 Å². The molecule has 1 saturated heterocycles. The summed E-state index contributed by atoms with van der Waals surface area (Å²) in [6.07, 6.45) is 1.90. The van der Waals surface area contributed by atoms with Crippen LogP contribution < -0.4 is 0 Å². The number of nitrogens with zero attached hydrogens (tertiary/aromatic N) is 3. The highest BCUT2D eigenvalue weighted by molar-refractivity contribution is 5.82. The minimum absolute atomic E-state index is 0.0103. The number of alkyl halides is 1. The average molecular weight is 370 g/mol. The molecule has 2 aromatic rings. The molecule has 2 aliphatic rings. The molecule has 0 aliphatic carbocycles. The summed E-state index contributed by atoms with van der Waals surface area (Å²) >= 11 is 0. The van der Waals surface area contributed by atoms with Gasteiger partial charge >= 0.3 is 0 Å². The van der Waals surface area contributed by atoms with Gasteiger partial charge in [0.05, 0.1) is 17.6 Å². The quantitative estimate of drug-likeness (QED) is 0.882. The van der Waals surface area contributed by atoms with Crippen molar-refractivity contribution in [2.24, 2.45) is 0 Å². The first-order valence-electron chi connectivity index (χ1n) is 9.32. The first-order valence-corrected chi connectivity index (χ1v) is 9.32. The standard InChI is InChI=1S/C20H23FN4O2/c1-14(26)25-10-7-16-18(23-13-22-16)20(25)8-11-24(12-9-20)19(27)17(21)15-5-3-2-4-6-15/h2-6,13,17H,7-12H2,1H3,(H,22,23). The number of likely N-dealkylation sites (tertiary alicyclic amines) is 1. The van der Waals surface area contributed by atoms with E-state index in [1.807, 2.05) is 4.90 Å². The molecule has 1 fully saturated rings. The number of rotatable bonds is 2. The first-order chi connectivity index (χ1) is 13.0. The number of hydrogen-bond acceptors (Lipinski definition) is 3. The number of amides is 2. The monoisotopic (exact) mass is 370 g/mol. The van der Waals surface area contributed by atoms with E-state index < -0.39 is 17.6 Å². The fraction of sp³-hybridized carbons (Fsp3) is 0.450. The number of H-pyrrole nitrogens is 1. The molecular weight excluding hydrogens is 347 g/mol. The Morgan fingerprint density at radius 1 is 1.19 bits per heavy atom. The topological polar surface area (TPSA) is 69.3 Å². The van der Waals surface area contributed by atoms with Gasteiger partial charge in [0.15, 0.2) is 0 Å². The Balaban J connectivity index is 1.54. The van der Waals surface area contributed by atoms with Crippen LogP contribution in [0.3, 0.4) is 0 Å². The lowest BCUT2D eigenvalue weighted by atomic mass is 9.78. The second kappa shape index (κ2) is 6.79. The van der Waals surface area contributed by atoms with Gasteiger partial charge in [0.25, 0.3) is 5.91 Å². The van der Waals surface area contributed by atoms with E-state index in [1.165, 1.54) is 0 Å². The second-order valence-corrected chi connectivity index (χ2v) is 7.28. The number of aromatic amines is 1. The minimum Gasteiger partial charge on any atom is -0.348 e. The molecule has 0 bridgehead atoms. The molecule has 27 heavy (non-hydrogen) atoms. The molecule has 3 heterocycles. The van der Waals surface area contributed by atoms with Crippen LogP contribution in [0.2, 0.25) is 0 Å². The molecule has 0 radical (unpaired) electrons. The molecule has 1 N–H and O–H groups in total. The zero-order valence-corrected chi connectivity index (χ0v) is 15.3. The molecule has 1 atom stereocenters. The minimum atomic E-state index is -1.66. The van der Waals surface area contributed by atoms with Gasteiger partial charge in [0, 0.05) is 38.7 Å². The molecule has 6 nitrogen and oxygen atoms in total. The SMILES string of the molecule is CC(=O)N1CCc2[nH]cnc2C12CCN(C(=O)C(F)c1ccccc1)CC2. The van der Waals surface area contributed by atoms with Crippen LogP contribution in [-0.4, -0.2) is 51.2 Å². The molecule has 2 amide bonds. The number of nitrogens with one attached hydrogen (secondary N) is 1. The van der Waals surface area contributed by atoms with Crippen LogP contribution in [-0.2, 0) is 21.5 Å². The van der Waals surface area contributed by atoms with E-state index in [2.05, 4.69) is 9.97 Å². The summed E-state index contributed by atoms with van der Waals surface area (Å²) in [6, 6.07) is 8.51. The maximum atomic E-state index is 14.7. The zero-order chi connectivity index (χ0) is 19.0. The van der Waals surface area contributed by atoms with Crippen molar-refractivity contribution in [3.05, 3.63) is 53.6 Å². The van der Waals surface area contributed by atoms with Gasteiger partial charge in [-0.05, 0) is 18.4 Å². The Labute approximate surface area is 157 Å². The third-order valence-corrected chi connectivity index (χ3v) is 5.85. The maximum absolute atomic E-state index is 14.7. The number of hydrogen-bond donors (Lipinski definition) is 1. The van der Waals surface area contributed by atoms with E-state index >= 15 is 0 Å². The lowest BCUT2D eigenvalue weighted by molar-refractivity contribution is -0.145. The molecular formula is C20H23FN4O2. The Morgan fingerprint density at radius 3 is 2.56 bits per heavy atom. The molecule has 0 saturated carbocycles. The van der Waals surface area contributed by atoms with Crippen molar-refractivity contribution in [3.63, 3.8) is 0 Å². The van der Waals surface area contributed by atoms with Gasteiger partial charge in [-0.15, -0.1) is 0 Å². The van der Waals surface area contributed by atoms with Crippen LogP contribution in [0.25, 0.3) is 0 Å². The Bertz CT molecular complexity index is 843.